The van der Waals surface area contributed by atoms with E-state index >= 15 is 0 Å². The molecule has 3 rings (SSSR count). The zero-order valence-corrected chi connectivity index (χ0v) is 15.1. The Bertz CT molecular complexity index is 638. The second-order valence-electron chi connectivity index (χ2n) is 7.44. The van der Waals surface area contributed by atoms with Crippen molar-refractivity contribution in [2.45, 2.75) is 64.3 Å². The summed E-state index contributed by atoms with van der Waals surface area (Å²) >= 11 is 0. The molecule has 0 aromatic heterocycles. The molecule has 1 aliphatic heterocycles. The zero-order valence-electron chi connectivity index (χ0n) is 15.1. The van der Waals surface area contributed by atoms with Crippen LogP contribution in [0.25, 0.3) is 0 Å². The van der Waals surface area contributed by atoms with Crippen LogP contribution in [0, 0.1) is 5.92 Å². The lowest BCUT2D eigenvalue weighted by Gasteiger charge is -2.32. The van der Waals surface area contributed by atoms with Gasteiger partial charge in [0.05, 0.1) is 0 Å². The Hall–Kier alpha value is -2.04. The van der Waals surface area contributed by atoms with E-state index in [1.807, 2.05) is 18.2 Å². The Labute approximate surface area is 150 Å². The molecule has 1 aliphatic carbocycles. The van der Waals surface area contributed by atoms with Crippen molar-refractivity contribution >= 4 is 23.2 Å². The Morgan fingerprint density at radius 1 is 1.24 bits per heavy atom. The summed E-state index contributed by atoms with van der Waals surface area (Å²) in [4.78, 5) is 27.0. The molecule has 3 N–H and O–H groups in total. The van der Waals surface area contributed by atoms with E-state index in [-0.39, 0.29) is 11.8 Å². The van der Waals surface area contributed by atoms with Gasteiger partial charge in [-0.15, -0.1) is 0 Å². The minimum atomic E-state index is -0.511. The number of nitrogens with one attached hydrogen (secondary N) is 1. The van der Waals surface area contributed by atoms with Crippen molar-refractivity contribution in [1.82, 2.24) is 5.32 Å². The molecule has 1 unspecified atom stereocenters. The Kier molecular flexibility index (Phi) is 5.61. The molecule has 25 heavy (non-hydrogen) atoms. The molecule has 2 aliphatic rings. The Morgan fingerprint density at radius 2 is 2.00 bits per heavy atom. The number of nitrogen functional groups attached to an aromatic ring is 1. The van der Waals surface area contributed by atoms with E-state index in [1.165, 1.54) is 19.3 Å². The smallest absolute Gasteiger partial charge is 0.249 e. The van der Waals surface area contributed by atoms with Crippen LogP contribution in [-0.2, 0) is 16.0 Å². The molecule has 0 saturated heterocycles. The number of fused-ring (bicyclic) bond motifs is 1. The average molecular weight is 343 g/mol. The van der Waals surface area contributed by atoms with E-state index in [2.05, 4.69) is 5.32 Å². The molecular weight excluding hydrogens is 314 g/mol. The topological polar surface area (TPSA) is 75.4 Å². The highest BCUT2D eigenvalue weighted by molar-refractivity contribution is 6.00. The van der Waals surface area contributed by atoms with Gasteiger partial charge in [-0.3, -0.25) is 9.59 Å². The fourth-order valence-corrected chi connectivity index (χ4v) is 4.13. The monoisotopic (exact) mass is 343 g/mol. The van der Waals surface area contributed by atoms with Crippen LogP contribution in [0.1, 0.15) is 57.4 Å². The lowest BCUT2D eigenvalue weighted by molar-refractivity contribution is -0.128. The number of nitrogens with zero attached hydrogens (tertiary/aromatic N) is 1. The van der Waals surface area contributed by atoms with E-state index in [0.717, 1.165) is 42.6 Å². The molecule has 1 heterocycles. The maximum atomic E-state index is 12.9. The van der Waals surface area contributed by atoms with Crippen LogP contribution in [0.15, 0.2) is 18.2 Å². The first-order valence-electron chi connectivity index (χ1n) is 9.54. The molecule has 136 valence electrons. The maximum absolute atomic E-state index is 12.9. The molecule has 0 bridgehead atoms. The Morgan fingerprint density at radius 3 is 2.76 bits per heavy atom. The maximum Gasteiger partial charge on any atom is 0.249 e. The summed E-state index contributed by atoms with van der Waals surface area (Å²) < 4.78 is 0. The Balaban J connectivity index is 1.61. The molecule has 1 atom stereocenters. The van der Waals surface area contributed by atoms with Gasteiger partial charge in [-0.25, -0.2) is 0 Å². The first-order chi connectivity index (χ1) is 12.1. The van der Waals surface area contributed by atoms with Crippen LogP contribution in [0.5, 0.6) is 0 Å². The van der Waals surface area contributed by atoms with Crippen molar-refractivity contribution < 1.29 is 9.59 Å². The summed E-state index contributed by atoms with van der Waals surface area (Å²) in [6.07, 6.45) is 8.33. The van der Waals surface area contributed by atoms with Gasteiger partial charge < -0.3 is 16.0 Å². The fraction of sp³-hybridized carbons (Fsp3) is 0.600. The van der Waals surface area contributed by atoms with E-state index in [1.54, 1.807) is 11.8 Å². The van der Waals surface area contributed by atoms with Crippen LogP contribution in [-0.4, -0.2) is 24.4 Å². The average Bonchev–Trinajstić information content (AvgIpc) is 2.62. The number of benzene rings is 1. The summed E-state index contributed by atoms with van der Waals surface area (Å²) in [5, 5.41) is 2.91. The summed E-state index contributed by atoms with van der Waals surface area (Å²) in [5.74, 6) is 0.424. The van der Waals surface area contributed by atoms with Crippen molar-refractivity contribution in [3.63, 3.8) is 0 Å². The quantitative estimate of drug-likeness (QED) is 0.825. The summed E-state index contributed by atoms with van der Waals surface area (Å²) in [7, 11) is 0. The van der Waals surface area contributed by atoms with Crippen molar-refractivity contribution in [2.24, 2.45) is 5.92 Å². The summed E-state index contributed by atoms with van der Waals surface area (Å²) in [6, 6.07) is 5.19. The molecule has 0 spiro atoms. The highest BCUT2D eigenvalue weighted by Crippen LogP contribution is 2.31. The highest BCUT2D eigenvalue weighted by atomic mass is 16.2. The molecule has 5 heteroatoms. The third-order valence-corrected chi connectivity index (χ3v) is 5.50. The zero-order chi connectivity index (χ0) is 17.8. The van der Waals surface area contributed by atoms with Crippen molar-refractivity contribution in [2.75, 3.05) is 17.2 Å². The number of hydrogen-bond acceptors (Lipinski definition) is 3. The number of carbonyl (C=O) groups excluding carboxylic acids is 2. The summed E-state index contributed by atoms with van der Waals surface area (Å²) in [5.41, 5.74) is 8.73. The molecule has 1 aromatic rings. The van der Waals surface area contributed by atoms with Gasteiger partial charge in [0, 0.05) is 24.3 Å². The molecule has 1 aromatic carbocycles. The minimum Gasteiger partial charge on any atom is -0.398 e. The number of rotatable bonds is 4. The van der Waals surface area contributed by atoms with Gasteiger partial charge in [0.2, 0.25) is 11.8 Å². The molecule has 5 nitrogen and oxygen atoms in total. The molecular formula is C20H29N3O2. The van der Waals surface area contributed by atoms with E-state index < -0.39 is 6.04 Å². The predicted octanol–water partition coefficient (Wildman–Crippen LogP) is 3.02. The van der Waals surface area contributed by atoms with Crippen molar-refractivity contribution in [3.05, 3.63) is 23.8 Å². The van der Waals surface area contributed by atoms with Crippen LogP contribution in [0.4, 0.5) is 11.4 Å². The van der Waals surface area contributed by atoms with Crippen LogP contribution in [0.3, 0.4) is 0 Å². The lowest BCUT2D eigenvalue weighted by atomic mass is 9.87. The normalized spacial score (nSPS) is 19.2. The van der Waals surface area contributed by atoms with Crippen LogP contribution in [0.2, 0.25) is 0 Å². The first kappa shape index (κ1) is 17.8. The van der Waals surface area contributed by atoms with E-state index in [0.29, 0.717) is 18.9 Å². The van der Waals surface area contributed by atoms with Crippen molar-refractivity contribution in [3.8, 4) is 0 Å². The molecule has 0 radical (unpaired) electrons. The second-order valence-corrected chi connectivity index (χ2v) is 7.44. The highest BCUT2D eigenvalue weighted by Gasteiger charge is 2.28. The van der Waals surface area contributed by atoms with Gasteiger partial charge in [-0.2, -0.15) is 0 Å². The standard InChI is InChI=1S/C20H29N3O2/c1-14(22-19(24)13-15-7-3-2-4-8-15)20(25)23-12-6-9-16-17(21)10-5-11-18(16)23/h5,10-11,14-15H,2-4,6-9,12-13,21H2,1H3,(H,22,24). The lowest BCUT2D eigenvalue weighted by Crippen LogP contribution is -2.49. The van der Waals surface area contributed by atoms with Gasteiger partial charge in [0.25, 0.3) is 0 Å². The first-order valence-corrected chi connectivity index (χ1v) is 9.54. The molecule has 1 fully saturated rings. The van der Waals surface area contributed by atoms with Gasteiger partial charge in [0.15, 0.2) is 0 Å². The van der Waals surface area contributed by atoms with Crippen molar-refractivity contribution in [1.29, 1.82) is 0 Å². The van der Waals surface area contributed by atoms with Gasteiger partial charge in [-0.05, 0) is 56.2 Å². The number of hydrogen-bond donors (Lipinski definition) is 2. The minimum absolute atomic E-state index is 0.00226. The predicted molar refractivity (Wildman–Crippen MR) is 100 cm³/mol. The van der Waals surface area contributed by atoms with Gasteiger partial charge in [0.1, 0.15) is 6.04 Å². The van der Waals surface area contributed by atoms with Crippen LogP contribution < -0.4 is 16.0 Å². The summed E-state index contributed by atoms with van der Waals surface area (Å²) in [6.45, 7) is 2.46. The fourth-order valence-electron chi connectivity index (χ4n) is 4.13. The molecule has 2 amide bonds. The number of nitrogens with two attached hydrogens (primary N) is 1. The number of anilines is 2. The second kappa shape index (κ2) is 7.89. The van der Waals surface area contributed by atoms with E-state index in [4.69, 9.17) is 5.73 Å². The van der Waals surface area contributed by atoms with E-state index in [9.17, 15) is 9.59 Å². The number of amides is 2. The van der Waals surface area contributed by atoms with Gasteiger partial charge >= 0.3 is 0 Å². The van der Waals surface area contributed by atoms with Crippen LogP contribution >= 0.6 is 0 Å². The number of carbonyl (C=O) groups is 2. The van der Waals surface area contributed by atoms with Gasteiger partial charge in [-0.1, -0.05) is 25.3 Å². The molecule has 1 saturated carbocycles. The SMILES string of the molecule is CC(NC(=O)CC1CCCCC1)C(=O)N1CCCc2c(N)cccc21. The third kappa shape index (κ3) is 4.14. The largest absolute Gasteiger partial charge is 0.398 e. The third-order valence-electron chi connectivity index (χ3n) is 5.50.